The molecule has 2 heterocycles. The third-order valence-electron chi connectivity index (χ3n) is 5.92. The Kier molecular flexibility index (Phi) is 3.97. The normalized spacial score (nSPS) is 31.2. The summed E-state index contributed by atoms with van der Waals surface area (Å²) in [7, 11) is 0. The number of hydrogen-bond acceptors (Lipinski definition) is 3. The molecule has 0 radical (unpaired) electrons. The predicted molar refractivity (Wildman–Crippen MR) is 87.2 cm³/mol. The quantitative estimate of drug-likeness (QED) is 0.896. The maximum atomic E-state index is 12.3. The van der Waals surface area contributed by atoms with E-state index in [0.717, 1.165) is 38.0 Å². The Balaban J connectivity index is 1.29. The molecule has 2 aliphatic carbocycles. The van der Waals surface area contributed by atoms with E-state index in [2.05, 4.69) is 21.7 Å². The van der Waals surface area contributed by atoms with Crippen LogP contribution in [0.3, 0.4) is 0 Å². The van der Waals surface area contributed by atoms with Crippen LogP contribution in [-0.4, -0.2) is 36.3 Å². The zero-order valence-electron chi connectivity index (χ0n) is 13.5. The first-order valence-corrected chi connectivity index (χ1v) is 8.84. The third-order valence-corrected chi connectivity index (χ3v) is 5.92. The fourth-order valence-corrected chi connectivity index (χ4v) is 4.23. The number of nitrogens with zero attached hydrogens (tertiary/aromatic N) is 1. The second kappa shape index (κ2) is 6.11. The number of nitrogens with one attached hydrogen (secondary N) is 2. The van der Waals surface area contributed by atoms with Gasteiger partial charge in [0.05, 0.1) is 6.10 Å². The van der Waals surface area contributed by atoms with Gasteiger partial charge in [0, 0.05) is 42.4 Å². The molecule has 2 saturated carbocycles. The van der Waals surface area contributed by atoms with Gasteiger partial charge < -0.3 is 15.4 Å². The molecule has 3 aliphatic rings. The van der Waals surface area contributed by atoms with Crippen molar-refractivity contribution in [2.45, 2.75) is 56.1 Å². The third kappa shape index (κ3) is 2.82. The highest BCUT2D eigenvalue weighted by molar-refractivity contribution is 5.74. The number of rotatable bonds is 4. The van der Waals surface area contributed by atoms with Gasteiger partial charge in [-0.25, -0.2) is 4.79 Å². The van der Waals surface area contributed by atoms with Gasteiger partial charge in [-0.15, -0.1) is 0 Å². The second-order valence-electron chi connectivity index (χ2n) is 7.23. The standard InChI is InChI=1S/C18H25N3O2/c22-17(21-14-11-15-13(14)5-3-10-23-15)20-12-18(7-4-8-18)16-6-1-2-9-19-16/h1-2,6,9,13-15H,3-5,7-8,10-12H2,(H2,20,21,22)/t13-,14-,15+/m1/s1. The first kappa shape index (κ1) is 14.9. The summed E-state index contributed by atoms with van der Waals surface area (Å²) in [5.41, 5.74) is 1.14. The van der Waals surface area contributed by atoms with Crippen LogP contribution in [0.4, 0.5) is 4.79 Å². The molecule has 0 bridgehead atoms. The fraction of sp³-hybridized carbons (Fsp3) is 0.667. The van der Waals surface area contributed by atoms with Gasteiger partial charge in [-0.1, -0.05) is 12.5 Å². The van der Waals surface area contributed by atoms with E-state index in [0.29, 0.717) is 18.6 Å². The van der Waals surface area contributed by atoms with Crippen LogP contribution in [0.2, 0.25) is 0 Å². The minimum absolute atomic E-state index is 0.0364. The number of hydrogen-bond donors (Lipinski definition) is 2. The molecule has 5 heteroatoms. The number of ether oxygens (including phenoxy) is 1. The molecule has 3 atom stereocenters. The van der Waals surface area contributed by atoms with E-state index < -0.39 is 0 Å². The van der Waals surface area contributed by atoms with E-state index in [4.69, 9.17) is 4.74 Å². The van der Waals surface area contributed by atoms with E-state index in [1.54, 1.807) is 0 Å². The summed E-state index contributed by atoms with van der Waals surface area (Å²) in [5, 5.41) is 6.23. The number of amides is 2. The molecule has 2 amide bonds. The Morgan fingerprint density at radius 2 is 2.26 bits per heavy atom. The maximum absolute atomic E-state index is 12.3. The summed E-state index contributed by atoms with van der Waals surface area (Å²) < 4.78 is 5.71. The first-order valence-electron chi connectivity index (χ1n) is 8.84. The summed E-state index contributed by atoms with van der Waals surface area (Å²) in [4.78, 5) is 16.8. The molecule has 0 unspecified atom stereocenters. The lowest BCUT2D eigenvalue weighted by Crippen LogP contribution is -2.60. The molecule has 4 rings (SSSR count). The zero-order valence-corrected chi connectivity index (χ0v) is 13.5. The van der Waals surface area contributed by atoms with Gasteiger partial charge in [-0.05, 0) is 44.2 Å². The van der Waals surface area contributed by atoms with Gasteiger partial charge in [0.25, 0.3) is 0 Å². The van der Waals surface area contributed by atoms with E-state index in [9.17, 15) is 4.79 Å². The summed E-state index contributed by atoms with van der Waals surface area (Å²) in [6.45, 7) is 1.56. The van der Waals surface area contributed by atoms with Crippen molar-refractivity contribution in [1.82, 2.24) is 15.6 Å². The van der Waals surface area contributed by atoms with Gasteiger partial charge in [0.2, 0.25) is 0 Å². The van der Waals surface area contributed by atoms with Gasteiger partial charge in [0.1, 0.15) is 0 Å². The van der Waals surface area contributed by atoms with Crippen molar-refractivity contribution >= 4 is 6.03 Å². The zero-order chi connectivity index (χ0) is 15.7. The van der Waals surface area contributed by atoms with Crippen molar-refractivity contribution < 1.29 is 9.53 Å². The van der Waals surface area contributed by atoms with E-state index in [-0.39, 0.29) is 17.5 Å². The summed E-state index contributed by atoms with van der Waals surface area (Å²) >= 11 is 0. The number of fused-ring (bicyclic) bond motifs is 1. The van der Waals surface area contributed by atoms with Crippen molar-refractivity contribution in [2.24, 2.45) is 5.92 Å². The van der Waals surface area contributed by atoms with Crippen LogP contribution in [0, 0.1) is 5.92 Å². The van der Waals surface area contributed by atoms with Crippen LogP contribution in [0.25, 0.3) is 0 Å². The minimum Gasteiger partial charge on any atom is -0.378 e. The highest BCUT2D eigenvalue weighted by Gasteiger charge is 2.44. The van der Waals surface area contributed by atoms with Gasteiger partial charge in [-0.3, -0.25) is 4.98 Å². The highest BCUT2D eigenvalue weighted by atomic mass is 16.5. The number of carbonyl (C=O) groups excluding carboxylic acids is 1. The topological polar surface area (TPSA) is 63.2 Å². The second-order valence-corrected chi connectivity index (χ2v) is 7.23. The summed E-state index contributed by atoms with van der Waals surface area (Å²) in [6, 6.07) is 6.29. The van der Waals surface area contributed by atoms with Crippen LogP contribution in [-0.2, 0) is 10.2 Å². The highest BCUT2D eigenvalue weighted by Crippen LogP contribution is 2.42. The van der Waals surface area contributed by atoms with Gasteiger partial charge >= 0.3 is 6.03 Å². The van der Waals surface area contributed by atoms with Crippen molar-refractivity contribution in [3.05, 3.63) is 30.1 Å². The van der Waals surface area contributed by atoms with Crippen molar-refractivity contribution in [3.63, 3.8) is 0 Å². The van der Waals surface area contributed by atoms with Crippen molar-refractivity contribution in [3.8, 4) is 0 Å². The first-order chi connectivity index (χ1) is 11.3. The molecular weight excluding hydrogens is 290 g/mol. The van der Waals surface area contributed by atoms with Crippen LogP contribution in [0.15, 0.2) is 24.4 Å². The van der Waals surface area contributed by atoms with Crippen LogP contribution in [0.5, 0.6) is 0 Å². The molecule has 1 aromatic heterocycles. The average Bonchev–Trinajstić information content (AvgIpc) is 2.53. The smallest absolute Gasteiger partial charge is 0.315 e. The SMILES string of the molecule is O=C(NCC1(c2ccccn2)CCC1)N[C@@H]1C[C@@H]2OCCC[C@@H]21. The van der Waals surface area contributed by atoms with E-state index in [1.165, 1.54) is 12.8 Å². The molecule has 3 fully saturated rings. The summed E-state index contributed by atoms with van der Waals surface area (Å²) in [6.07, 6.45) is 8.89. The number of aromatic nitrogens is 1. The van der Waals surface area contributed by atoms with Gasteiger partial charge in [-0.2, -0.15) is 0 Å². The Bertz CT molecular complexity index is 559. The average molecular weight is 315 g/mol. The Hall–Kier alpha value is -1.62. The lowest BCUT2D eigenvalue weighted by Gasteiger charge is -2.47. The van der Waals surface area contributed by atoms with Crippen LogP contribution < -0.4 is 10.6 Å². The molecule has 1 aliphatic heterocycles. The predicted octanol–water partition coefficient (Wildman–Crippen LogP) is 2.37. The Labute approximate surface area is 137 Å². The van der Waals surface area contributed by atoms with E-state index >= 15 is 0 Å². The number of pyridine rings is 1. The fourth-order valence-electron chi connectivity index (χ4n) is 4.23. The minimum atomic E-state index is -0.0405. The van der Waals surface area contributed by atoms with Crippen LogP contribution in [0.1, 0.15) is 44.2 Å². The summed E-state index contributed by atoms with van der Waals surface area (Å²) in [5.74, 6) is 0.517. The van der Waals surface area contributed by atoms with Crippen LogP contribution >= 0.6 is 0 Å². The lowest BCUT2D eigenvalue weighted by molar-refractivity contribution is -0.0999. The molecule has 5 nitrogen and oxygen atoms in total. The number of carbonyl (C=O) groups is 1. The van der Waals surface area contributed by atoms with Crippen molar-refractivity contribution in [2.75, 3.05) is 13.2 Å². The molecule has 0 aromatic carbocycles. The Morgan fingerprint density at radius 1 is 1.35 bits per heavy atom. The molecule has 0 spiro atoms. The van der Waals surface area contributed by atoms with Crippen molar-refractivity contribution in [1.29, 1.82) is 0 Å². The molecule has 2 N–H and O–H groups in total. The molecule has 23 heavy (non-hydrogen) atoms. The molecular formula is C18H25N3O2. The molecule has 124 valence electrons. The Morgan fingerprint density at radius 3 is 2.96 bits per heavy atom. The maximum Gasteiger partial charge on any atom is 0.315 e. The lowest BCUT2D eigenvalue weighted by atomic mass is 9.66. The number of urea groups is 1. The molecule has 1 saturated heterocycles. The monoisotopic (exact) mass is 315 g/mol. The molecule has 1 aromatic rings. The van der Waals surface area contributed by atoms with E-state index in [1.807, 2.05) is 18.3 Å². The van der Waals surface area contributed by atoms with Gasteiger partial charge in [0.15, 0.2) is 0 Å². The largest absolute Gasteiger partial charge is 0.378 e.